The van der Waals surface area contributed by atoms with Gasteiger partial charge in [-0.05, 0) is 68.6 Å². The van der Waals surface area contributed by atoms with E-state index in [1.807, 2.05) is 0 Å². The quantitative estimate of drug-likeness (QED) is 0.310. The average molecular weight is 390 g/mol. The van der Waals surface area contributed by atoms with Gasteiger partial charge < -0.3 is 19.7 Å². The molecule has 0 spiro atoms. The monoisotopic (exact) mass is 390 g/mol. The zero-order chi connectivity index (χ0) is 20.8. The van der Waals surface area contributed by atoms with E-state index in [-0.39, 0.29) is 11.1 Å². The first-order chi connectivity index (χ1) is 13.5. The van der Waals surface area contributed by atoms with Crippen molar-refractivity contribution in [3.05, 3.63) is 60.1 Å². The smallest absolute Gasteiger partial charge is 0.336 e. The Labute approximate surface area is 166 Å². The van der Waals surface area contributed by atoms with Crippen LogP contribution in [0.5, 0.6) is 0 Å². The summed E-state index contributed by atoms with van der Waals surface area (Å²) in [4.78, 5) is 23.5. The van der Waals surface area contributed by atoms with E-state index in [2.05, 4.69) is 13.2 Å². The second kappa shape index (κ2) is 13.4. The molecule has 6 nitrogen and oxygen atoms in total. The Balaban J connectivity index is 2.86. The molecule has 0 radical (unpaired) electrons. The van der Waals surface area contributed by atoms with E-state index in [4.69, 9.17) is 9.47 Å². The minimum Gasteiger partial charge on any atom is -0.502 e. The average Bonchev–Trinajstić information content (AvgIpc) is 2.66. The molecule has 0 aliphatic rings. The lowest BCUT2D eigenvalue weighted by molar-refractivity contribution is 0.0694. The first kappa shape index (κ1) is 23.3. The van der Waals surface area contributed by atoms with Crippen molar-refractivity contribution in [3.8, 4) is 0 Å². The Morgan fingerprint density at radius 2 is 1.39 bits per heavy atom. The largest absolute Gasteiger partial charge is 0.502 e. The summed E-state index contributed by atoms with van der Waals surface area (Å²) in [5.74, 6) is -2.17. The first-order valence-corrected chi connectivity index (χ1v) is 9.59. The molecule has 0 aliphatic carbocycles. The highest BCUT2D eigenvalue weighted by Gasteiger charge is 2.21. The highest BCUT2D eigenvalue weighted by atomic mass is 16.5. The summed E-state index contributed by atoms with van der Waals surface area (Å²) in [7, 11) is 0. The van der Waals surface area contributed by atoms with Crippen molar-refractivity contribution in [2.75, 3.05) is 13.2 Å². The number of unbranched alkanes of at least 4 members (excludes halogenated alkanes) is 4. The SMILES string of the molecule is C=COCCCCCc1ccc(C(=O)O)c(CCCCCOC=C)c1C(=O)O. The molecular weight excluding hydrogens is 360 g/mol. The second-order valence-electron chi connectivity index (χ2n) is 6.43. The van der Waals surface area contributed by atoms with Gasteiger partial charge in [-0.15, -0.1) is 0 Å². The number of carbonyl (C=O) groups is 2. The van der Waals surface area contributed by atoms with Crippen LogP contribution < -0.4 is 0 Å². The molecule has 0 heterocycles. The predicted octanol–water partition coefficient (Wildman–Crippen LogP) is 4.83. The van der Waals surface area contributed by atoms with Crippen LogP contribution in [0.1, 0.15) is 70.4 Å². The molecule has 1 rings (SSSR count). The van der Waals surface area contributed by atoms with Crippen LogP contribution in [0.4, 0.5) is 0 Å². The summed E-state index contributed by atoms with van der Waals surface area (Å²) in [6.45, 7) is 8.11. The van der Waals surface area contributed by atoms with E-state index >= 15 is 0 Å². The van der Waals surface area contributed by atoms with Gasteiger partial charge >= 0.3 is 11.9 Å². The molecule has 0 aromatic heterocycles. The van der Waals surface area contributed by atoms with Gasteiger partial charge in [-0.25, -0.2) is 9.59 Å². The lowest BCUT2D eigenvalue weighted by atomic mass is 9.90. The normalized spacial score (nSPS) is 10.3. The number of carboxylic acids is 2. The maximum Gasteiger partial charge on any atom is 0.336 e. The predicted molar refractivity (Wildman–Crippen MR) is 108 cm³/mol. The number of rotatable bonds is 16. The molecule has 0 atom stereocenters. The Kier molecular flexibility index (Phi) is 11.2. The van der Waals surface area contributed by atoms with Crippen LogP contribution in [0.2, 0.25) is 0 Å². The first-order valence-electron chi connectivity index (χ1n) is 9.59. The van der Waals surface area contributed by atoms with Gasteiger partial charge in [-0.1, -0.05) is 19.2 Å². The van der Waals surface area contributed by atoms with E-state index in [0.717, 1.165) is 32.1 Å². The zero-order valence-electron chi connectivity index (χ0n) is 16.3. The van der Waals surface area contributed by atoms with E-state index in [0.29, 0.717) is 43.6 Å². The van der Waals surface area contributed by atoms with Crippen molar-refractivity contribution >= 4 is 11.9 Å². The maximum absolute atomic E-state index is 11.9. The molecule has 0 unspecified atom stereocenters. The van der Waals surface area contributed by atoms with E-state index in [1.54, 1.807) is 6.07 Å². The third-order valence-electron chi connectivity index (χ3n) is 4.48. The van der Waals surface area contributed by atoms with Crippen LogP contribution in [0.25, 0.3) is 0 Å². The number of hydrogen-bond acceptors (Lipinski definition) is 4. The summed E-state index contributed by atoms with van der Waals surface area (Å²) < 4.78 is 10.1. The molecule has 0 fully saturated rings. The fourth-order valence-electron chi connectivity index (χ4n) is 3.14. The van der Waals surface area contributed by atoms with Gasteiger partial charge in [-0.3, -0.25) is 0 Å². The Hall–Kier alpha value is -2.76. The molecular formula is C22H30O6. The van der Waals surface area contributed by atoms with Crippen LogP contribution in [0, 0.1) is 0 Å². The number of benzene rings is 1. The van der Waals surface area contributed by atoms with Crippen molar-refractivity contribution in [1.29, 1.82) is 0 Å². The van der Waals surface area contributed by atoms with Crippen LogP contribution in [-0.2, 0) is 22.3 Å². The molecule has 2 N–H and O–H groups in total. The molecule has 28 heavy (non-hydrogen) atoms. The summed E-state index contributed by atoms with van der Waals surface area (Å²) in [6, 6.07) is 3.16. The van der Waals surface area contributed by atoms with Crippen molar-refractivity contribution in [2.24, 2.45) is 0 Å². The van der Waals surface area contributed by atoms with Crippen molar-refractivity contribution in [2.45, 2.75) is 51.4 Å². The lowest BCUT2D eigenvalue weighted by Gasteiger charge is -2.15. The van der Waals surface area contributed by atoms with Crippen LogP contribution >= 0.6 is 0 Å². The molecule has 1 aromatic rings. The minimum atomic E-state index is -1.10. The molecule has 6 heteroatoms. The molecule has 1 aromatic carbocycles. The number of hydrogen-bond donors (Lipinski definition) is 2. The van der Waals surface area contributed by atoms with Gasteiger partial charge in [0.15, 0.2) is 0 Å². The third-order valence-corrected chi connectivity index (χ3v) is 4.48. The summed E-state index contributed by atoms with van der Waals surface area (Å²) in [5.41, 5.74) is 1.32. The lowest BCUT2D eigenvalue weighted by Crippen LogP contribution is -2.13. The maximum atomic E-state index is 11.9. The molecule has 154 valence electrons. The standard InChI is InChI=1S/C22H30O6/c1-3-27-15-9-5-7-11-17-13-14-19(21(23)24)18(20(17)22(25)26)12-8-6-10-16-28-4-2/h3-4,13-14H,1-2,5-12,15-16H2,(H,23,24)(H,25,26). The molecule has 0 aliphatic heterocycles. The van der Waals surface area contributed by atoms with Gasteiger partial charge in [-0.2, -0.15) is 0 Å². The minimum absolute atomic E-state index is 0.0721. The topological polar surface area (TPSA) is 93.1 Å². The highest BCUT2D eigenvalue weighted by molar-refractivity contribution is 5.97. The van der Waals surface area contributed by atoms with Gasteiger partial charge in [0, 0.05) is 0 Å². The zero-order valence-corrected chi connectivity index (χ0v) is 16.3. The Bertz CT molecular complexity index is 665. The van der Waals surface area contributed by atoms with Crippen LogP contribution in [-0.4, -0.2) is 35.4 Å². The summed E-state index contributed by atoms with van der Waals surface area (Å²) in [5, 5.41) is 19.2. The number of aromatic carboxylic acids is 2. The summed E-state index contributed by atoms with van der Waals surface area (Å²) >= 11 is 0. The summed E-state index contributed by atoms with van der Waals surface area (Å²) in [6.07, 6.45) is 8.69. The van der Waals surface area contributed by atoms with E-state index in [9.17, 15) is 19.8 Å². The van der Waals surface area contributed by atoms with Gasteiger partial charge in [0.2, 0.25) is 0 Å². The Morgan fingerprint density at radius 1 is 0.821 bits per heavy atom. The molecule has 0 saturated heterocycles. The van der Waals surface area contributed by atoms with Crippen molar-refractivity contribution in [3.63, 3.8) is 0 Å². The number of aryl methyl sites for hydroxylation is 1. The number of ether oxygens (including phenoxy) is 2. The van der Waals surface area contributed by atoms with Gasteiger partial charge in [0.1, 0.15) is 0 Å². The fourth-order valence-corrected chi connectivity index (χ4v) is 3.14. The fraction of sp³-hybridized carbons (Fsp3) is 0.455. The third kappa shape index (κ3) is 7.86. The molecule has 0 amide bonds. The second-order valence-corrected chi connectivity index (χ2v) is 6.43. The van der Waals surface area contributed by atoms with Crippen molar-refractivity contribution < 1.29 is 29.3 Å². The van der Waals surface area contributed by atoms with Crippen LogP contribution in [0.3, 0.4) is 0 Å². The molecule has 0 saturated carbocycles. The molecule has 0 bridgehead atoms. The van der Waals surface area contributed by atoms with E-state index in [1.165, 1.54) is 18.6 Å². The van der Waals surface area contributed by atoms with Gasteiger partial charge in [0.05, 0.1) is 36.9 Å². The van der Waals surface area contributed by atoms with E-state index < -0.39 is 11.9 Å². The Morgan fingerprint density at radius 3 is 1.89 bits per heavy atom. The van der Waals surface area contributed by atoms with Crippen molar-refractivity contribution in [1.82, 2.24) is 0 Å². The highest BCUT2D eigenvalue weighted by Crippen LogP contribution is 2.24. The van der Waals surface area contributed by atoms with Gasteiger partial charge in [0.25, 0.3) is 0 Å². The number of carboxylic acid groups (broad SMARTS) is 2. The van der Waals surface area contributed by atoms with Crippen LogP contribution in [0.15, 0.2) is 37.8 Å².